The van der Waals surface area contributed by atoms with Gasteiger partial charge in [-0.3, -0.25) is 10.0 Å². The lowest BCUT2D eigenvalue weighted by atomic mass is 10.2. The van der Waals surface area contributed by atoms with E-state index < -0.39 is 0 Å². The molecule has 0 bridgehead atoms. The van der Waals surface area contributed by atoms with Gasteiger partial charge in [0.2, 0.25) is 0 Å². The van der Waals surface area contributed by atoms with Crippen LogP contribution in [0.15, 0.2) is 70.2 Å². The van der Waals surface area contributed by atoms with E-state index >= 15 is 0 Å². The molecule has 2 aromatic carbocycles. The number of benzene rings is 2. The van der Waals surface area contributed by atoms with Crippen molar-refractivity contribution >= 4 is 5.69 Å². The highest BCUT2D eigenvalue weighted by Gasteiger charge is 1.99. The number of para-hydroxylation sites is 1. The fourth-order valence-electron chi connectivity index (χ4n) is 2.46. The largest absolute Gasteiger partial charge is 0.457 e. The van der Waals surface area contributed by atoms with Crippen molar-refractivity contribution in [2.45, 2.75) is 25.7 Å². The van der Waals surface area contributed by atoms with Crippen molar-refractivity contribution in [2.75, 3.05) is 27.2 Å². The molecular formula is C20H28N6O. The number of nitrogens with one attached hydrogen (secondary N) is 1. The van der Waals surface area contributed by atoms with Gasteiger partial charge in [-0.25, -0.2) is 0 Å². The first-order valence-corrected chi connectivity index (χ1v) is 9.21. The Hall–Kier alpha value is -2.96. The maximum absolute atomic E-state index is 6.88. The zero-order chi connectivity index (χ0) is 19.3. The molecule has 0 aliphatic heterocycles. The molecule has 144 valence electrons. The van der Waals surface area contributed by atoms with Gasteiger partial charge in [0.1, 0.15) is 11.5 Å². The maximum atomic E-state index is 6.88. The summed E-state index contributed by atoms with van der Waals surface area (Å²) in [6.07, 6.45) is 4.40. The minimum absolute atomic E-state index is 0.775. The van der Waals surface area contributed by atoms with Crippen LogP contribution in [0.4, 0.5) is 5.69 Å². The third kappa shape index (κ3) is 8.31. The summed E-state index contributed by atoms with van der Waals surface area (Å²) in [5.41, 5.74) is 7.67. The molecule has 0 spiro atoms. The average Bonchev–Trinajstić information content (AvgIpc) is 2.70. The van der Waals surface area contributed by atoms with Gasteiger partial charge >= 0.3 is 0 Å². The maximum Gasteiger partial charge on any atom is 0.127 e. The molecular weight excluding hydrogens is 340 g/mol. The van der Waals surface area contributed by atoms with Crippen molar-refractivity contribution in [3.8, 4) is 11.5 Å². The molecule has 0 aliphatic rings. The van der Waals surface area contributed by atoms with Gasteiger partial charge in [0.25, 0.3) is 0 Å². The van der Waals surface area contributed by atoms with Crippen molar-refractivity contribution in [1.29, 1.82) is 5.53 Å². The van der Waals surface area contributed by atoms with E-state index in [9.17, 15) is 0 Å². The van der Waals surface area contributed by atoms with E-state index in [0.29, 0.717) is 0 Å². The van der Waals surface area contributed by atoms with Gasteiger partial charge < -0.3 is 4.74 Å². The Bertz CT molecular complexity index is 689. The Kier molecular flexibility index (Phi) is 8.76. The molecule has 0 saturated carbocycles. The molecule has 0 atom stereocenters. The van der Waals surface area contributed by atoms with Crippen molar-refractivity contribution < 1.29 is 4.74 Å². The quantitative estimate of drug-likeness (QED) is 0.290. The average molecular weight is 368 g/mol. The first-order chi connectivity index (χ1) is 13.2. The molecule has 0 fully saturated rings. The zero-order valence-corrected chi connectivity index (χ0v) is 16.1. The van der Waals surface area contributed by atoms with Crippen molar-refractivity contribution in [3.05, 3.63) is 54.6 Å². The highest BCUT2D eigenvalue weighted by molar-refractivity contribution is 5.42. The summed E-state index contributed by atoms with van der Waals surface area (Å²) in [6, 6.07) is 17.3. The standard InChI is InChI=1S/C20H28N6O/c1-25(23-21)16-8-3-4-9-17-26(2)24-22-18-12-14-20(15-13-18)27-19-10-6-5-7-11-19/h5-7,10-15,21H,3-4,8-9,16-17H2,1-2H3. The fourth-order valence-corrected chi connectivity index (χ4v) is 2.46. The van der Waals surface area contributed by atoms with Gasteiger partial charge in [0.15, 0.2) is 0 Å². The van der Waals surface area contributed by atoms with E-state index in [0.717, 1.165) is 56.0 Å². The van der Waals surface area contributed by atoms with Crippen LogP contribution in [-0.4, -0.2) is 37.2 Å². The monoisotopic (exact) mass is 368 g/mol. The minimum Gasteiger partial charge on any atom is -0.457 e. The number of rotatable bonds is 12. The summed E-state index contributed by atoms with van der Waals surface area (Å²) in [4.78, 5) is 0. The minimum atomic E-state index is 0.775. The summed E-state index contributed by atoms with van der Waals surface area (Å²) in [5.74, 6) is 1.59. The lowest BCUT2D eigenvalue weighted by Gasteiger charge is -2.12. The van der Waals surface area contributed by atoms with Crippen LogP contribution in [-0.2, 0) is 0 Å². The first-order valence-electron chi connectivity index (χ1n) is 9.21. The normalized spacial score (nSPS) is 10.7. The van der Waals surface area contributed by atoms with E-state index in [-0.39, 0.29) is 0 Å². The first kappa shape index (κ1) is 20.4. The summed E-state index contributed by atoms with van der Waals surface area (Å²) in [6.45, 7) is 1.71. The molecule has 0 aromatic heterocycles. The highest BCUT2D eigenvalue weighted by atomic mass is 16.5. The van der Waals surface area contributed by atoms with E-state index in [1.165, 1.54) is 0 Å². The van der Waals surface area contributed by atoms with Crippen LogP contribution in [0.25, 0.3) is 0 Å². The molecule has 7 heteroatoms. The molecule has 0 radical (unpaired) electrons. The van der Waals surface area contributed by atoms with E-state index in [1.807, 2.05) is 73.7 Å². The molecule has 0 heterocycles. The third-order valence-electron chi connectivity index (χ3n) is 4.01. The molecule has 0 unspecified atom stereocenters. The number of ether oxygens (including phenoxy) is 1. The predicted octanol–water partition coefficient (Wildman–Crippen LogP) is 5.85. The lowest BCUT2D eigenvalue weighted by Crippen LogP contribution is -2.13. The zero-order valence-electron chi connectivity index (χ0n) is 16.1. The van der Waals surface area contributed by atoms with Crippen LogP contribution >= 0.6 is 0 Å². The second kappa shape index (κ2) is 11.6. The number of hydrogen-bond acceptors (Lipinski definition) is 5. The topological polar surface area (TPSA) is 76.6 Å². The Morgan fingerprint density at radius 1 is 0.778 bits per heavy atom. The second-order valence-corrected chi connectivity index (χ2v) is 6.38. The van der Waals surface area contributed by atoms with Gasteiger partial charge in [0.05, 0.1) is 5.69 Å². The Balaban J connectivity index is 1.66. The van der Waals surface area contributed by atoms with Crippen molar-refractivity contribution in [1.82, 2.24) is 10.0 Å². The van der Waals surface area contributed by atoms with Crippen LogP contribution in [0.3, 0.4) is 0 Å². The molecule has 2 rings (SSSR count). The molecule has 1 N–H and O–H groups in total. The number of hydrogen-bond donors (Lipinski definition) is 1. The van der Waals surface area contributed by atoms with Gasteiger partial charge in [-0.2, -0.15) is 5.53 Å². The van der Waals surface area contributed by atoms with E-state index in [4.69, 9.17) is 10.3 Å². The molecule has 27 heavy (non-hydrogen) atoms. The summed E-state index contributed by atoms with van der Waals surface area (Å²) in [5, 5.41) is 15.4. The molecule has 0 aliphatic carbocycles. The Morgan fingerprint density at radius 2 is 1.37 bits per heavy atom. The van der Waals surface area contributed by atoms with Crippen LogP contribution in [0.1, 0.15) is 25.7 Å². The second-order valence-electron chi connectivity index (χ2n) is 6.38. The Labute approximate surface area is 161 Å². The summed E-state index contributed by atoms with van der Waals surface area (Å²) < 4.78 is 5.76. The van der Waals surface area contributed by atoms with Crippen LogP contribution < -0.4 is 4.74 Å². The van der Waals surface area contributed by atoms with E-state index in [1.54, 1.807) is 5.01 Å². The van der Waals surface area contributed by atoms with Gasteiger partial charge in [-0.05, 0) is 49.2 Å². The molecule has 0 amide bonds. The fraction of sp³-hybridized carbons (Fsp3) is 0.400. The van der Waals surface area contributed by atoms with Crippen molar-refractivity contribution in [3.63, 3.8) is 0 Å². The van der Waals surface area contributed by atoms with Gasteiger partial charge in [-0.15, -0.1) is 5.11 Å². The Morgan fingerprint density at radius 3 is 2.00 bits per heavy atom. The third-order valence-corrected chi connectivity index (χ3v) is 4.01. The van der Waals surface area contributed by atoms with Gasteiger partial charge in [-0.1, -0.05) is 41.5 Å². The highest BCUT2D eigenvalue weighted by Crippen LogP contribution is 2.23. The van der Waals surface area contributed by atoms with Crippen LogP contribution in [0, 0.1) is 5.53 Å². The summed E-state index contributed by atoms with van der Waals surface area (Å²) in [7, 11) is 3.75. The smallest absolute Gasteiger partial charge is 0.127 e. The molecule has 7 nitrogen and oxygen atoms in total. The van der Waals surface area contributed by atoms with E-state index in [2.05, 4.69) is 15.6 Å². The number of nitrogens with zero attached hydrogens (tertiary/aromatic N) is 5. The molecule has 0 saturated heterocycles. The summed E-state index contributed by atoms with van der Waals surface area (Å²) >= 11 is 0. The predicted molar refractivity (Wildman–Crippen MR) is 106 cm³/mol. The van der Waals surface area contributed by atoms with Gasteiger partial charge in [0, 0.05) is 27.2 Å². The number of unbranched alkanes of at least 4 members (excludes halogenated alkanes) is 3. The molecule has 2 aromatic rings. The van der Waals surface area contributed by atoms with Crippen LogP contribution in [0.5, 0.6) is 11.5 Å². The lowest BCUT2D eigenvalue weighted by molar-refractivity contribution is 0.301. The van der Waals surface area contributed by atoms with Crippen LogP contribution in [0.2, 0.25) is 0 Å². The SMILES string of the molecule is CN(CCCCCCN(C)N=Nc1ccc(Oc2ccccc2)cc1)N=N. The van der Waals surface area contributed by atoms with Crippen molar-refractivity contribution in [2.24, 2.45) is 15.6 Å².